The lowest BCUT2D eigenvalue weighted by Crippen LogP contribution is -2.54. The first-order chi connectivity index (χ1) is 11.3. The van der Waals surface area contributed by atoms with Crippen molar-refractivity contribution in [2.24, 2.45) is 0 Å². The van der Waals surface area contributed by atoms with E-state index in [1.807, 2.05) is 0 Å². The van der Waals surface area contributed by atoms with Crippen molar-refractivity contribution in [3.05, 3.63) is 0 Å². The first-order valence-electron chi connectivity index (χ1n) is 8.66. The summed E-state index contributed by atoms with van der Waals surface area (Å²) in [5, 5.41) is 4.53. The molecule has 2 N–H and O–H groups in total. The zero-order chi connectivity index (χ0) is 17.4. The van der Waals surface area contributed by atoms with Crippen molar-refractivity contribution in [1.82, 2.24) is 19.8 Å². The predicted octanol–water partition coefficient (Wildman–Crippen LogP) is -0.135. The van der Waals surface area contributed by atoms with Crippen molar-refractivity contribution in [3.63, 3.8) is 0 Å². The molecule has 3 rings (SSSR count). The number of piperidine rings is 2. The van der Waals surface area contributed by atoms with Crippen molar-refractivity contribution in [2.75, 3.05) is 31.9 Å². The minimum Gasteiger partial charge on any atom is -0.322 e. The van der Waals surface area contributed by atoms with Gasteiger partial charge in [-0.25, -0.2) is 17.5 Å². The van der Waals surface area contributed by atoms with Gasteiger partial charge in [-0.3, -0.25) is 10.1 Å². The zero-order valence-corrected chi connectivity index (χ0v) is 14.9. The summed E-state index contributed by atoms with van der Waals surface area (Å²) in [5.41, 5.74) is -1.39. The zero-order valence-electron chi connectivity index (χ0n) is 14.1. The number of nitrogens with one attached hydrogen (secondary N) is 2. The second kappa shape index (κ2) is 6.61. The van der Waals surface area contributed by atoms with Gasteiger partial charge in [-0.2, -0.15) is 0 Å². The predicted molar refractivity (Wildman–Crippen MR) is 88.9 cm³/mol. The van der Waals surface area contributed by atoms with Crippen LogP contribution >= 0.6 is 0 Å². The number of carbonyl (C=O) groups is 2. The van der Waals surface area contributed by atoms with Crippen LogP contribution in [0.4, 0.5) is 4.79 Å². The molecule has 0 saturated carbocycles. The van der Waals surface area contributed by atoms with Crippen LogP contribution < -0.4 is 10.6 Å². The molecule has 1 atom stereocenters. The topological polar surface area (TPSA) is 98.8 Å². The molecule has 0 aromatic carbocycles. The molecule has 3 heterocycles. The number of hydrogen-bond acceptors (Lipinski definition) is 5. The number of sulfonamides is 1. The molecule has 0 bridgehead atoms. The van der Waals surface area contributed by atoms with Gasteiger partial charge in [0.2, 0.25) is 10.0 Å². The lowest BCUT2D eigenvalue weighted by Gasteiger charge is -2.40. The highest BCUT2D eigenvalue weighted by molar-refractivity contribution is 7.89. The fraction of sp³-hybridized carbons (Fsp3) is 0.867. The maximum absolute atomic E-state index is 12.7. The molecule has 136 valence electrons. The highest BCUT2D eigenvalue weighted by atomic mass is 32.2. The third-order valence-corrected chi connectivity index (χ3v) is 7.41. The summed E-state index contributed by atoms with van der Waals surface area (Å²) in [6, 6.07) is -0.177. The summed E-state index contributed by atoms with van der Waals surface area (Å²) in [6.45, 7) is 4.64. The summed E-state index contributed by atoms with van der Waals surface area (Å²) in [6.07, 6.45) is 5.40. The van der Waals surface area contributed by atoms with Gasteiger partial charge >= 0.3 is 6.03 Å². The Morgan fingerprint density at radius 1 is 1.08 bits per heavy atom. The number of likely N-dealkylation sites (tertiary alicyclic amines) is 1. The average Bonchev–Trinajstić information content (AvgIpc) is 2.79. The van der Waals surface area contributed by atoms with E-state index < -0.39 is 33.3 Å². The third-order valence-electron chi connectivity index (χ3n) is 5.31. The van der Waals surface area contributed by atoms with Crippen LogP contribution in [0.25, 0.3) is 0 Å². The van der Waals surface area contributed by atoms with Crippen molar-refractivity contribution < 1.29 is 18.0 Å². The maximum atomic E-state index is 12.7. The van der Waals surface area contributed by atoms with Crippen molar-refractivity contribution in [1.29, 1.82) is 0 Å². The first kappa shape index (κ1) is 17.6. The highest BCUT2D eigenvalue weighted by Crippen LogP contribution is 2.24. The van der Waals surface area contributed by atoms with Crippen LogP contribution in [-0.2, 0) is 14.8 Å². The summed E-state index contributed by atoms with van der Waals surface area (Å²) < 4.78 is 26.8. The minimum atomic E-state index is -3.60. The molecule has 0 radical (unpaired) electrons. The van der Waals surface area contributed by atoms with Gasteiger partial charge in [0.05, 0.1) is 5.75 Å². The summed E-state index contributed by atoms with van der Waals surface area (Å²) in [5.74, 6) is -0.981. The molecule has 0 aliphatic carbocycles. The van der Waals surface area contributed by atoms with E-state index in [1.165, 1.54) is 30.5 Å². The number of hydrogen-bond donors (Lipinski definition) is 2. The SMILES string of the molecule is C[C@]1(CS(=O)(=O)N2CCC(N3CCCCC3)CC2)NC(=O)NC1=O. The molecule has 3 aliphatic rings. The van der Waals surface area contributed by atoms with Gasteiger partial charge in [0, 0.05) is 19.1 Å². The van der Waals surface area contributed by atoms with Crippen LogP contribution in [0.2, 0.25) is 0 Å². The van der Waals surface area contributed by atoms with Gasteiger partial charge in [0.1, 0.15) is 5.54 Å². The monoisotopic (exact) mass is 358 g/mol. The first-order valence-corrected chi connectivity index (χ1v) is 10.3. The average molecular weight is 358 g/mol. The molecular weight excluding hydrogens is 332 g/mol. The molecule has 0 aromatic rings. The number of amides is 3. The lowest BCUT2D eigenvalue weighted by molar-refractivity contribution is -0.122. The van der Waals surface area contributed by atoms with Crippen LogP contribution in [0.15, 0.2) is 0 Å². The van der Waals surface area contributed by atoms with Gasteiger partial charge in [-0.05, 0) is 45.7 Å². The van der Waals surface area contributed by atoms with Crippen molar-refractivity contribution in [2.45, 2.75) is 50.6 Å². The molecule has 9 heteroatoms. The van der Waals surface area contributed by atoms with E-state index >= 15 is 0 Å². The van der Waals surface area contributed by atoms with Crippen LogP contribution in [0.3, 0.4) is 0 Å². The Hall–Kier alpha value is -1.19. The van der Waals surface area contributed by atoms with E-state index in [0.717, 1.165) is 25.9 Å². The Balaban J connectivity index is 1.58. The molecule has 0 spiro atoms. The smallest absolute Gasteiger partial charge is 0.322 e. The Labute approximate surface area is 143 Å². The molecule has 24 heavy (non-hydrogen) atoms. The van der Waals surface area contributed by atoms with Crippen LogP contribution in [0.5, 0.6) is 0 Å². The maximum Gasteiger partial charge on any atom is 0.322 e. The molecule has 8 nitrogen and oxygen atoms in total. The van der Waals surface area contributed by atoms with Crippen LogP contribution in [0.1, 0.15) is 39.0 Å². The molecule has 0 unspecified atom stereocenters. The molecule has 3 amide bonds. The molecule has 3 aliphatic heterocycles. The second-order valence-corrected chi connectivity index (χ2v) is 9.19. The van der Waals surface area contributed by atoms with E-state index in [0.29, 0.717) is 19.1 Å². The van der Waals surface area contributed by atoms with E-state index in [9.17, 15) is 18.0 Å². The highest BCUT2D eigenvalue weighted by Gasteiger charge is 2.47. The Kier molecular flexibility index (Phi) is 4.85. The molecule has 3 fully saturated rings. The van der Waals surface area contributed by atoms with Crippen LogP contribution in [0, 0.1) is 0 Å². The summed E-state index contributed by atoms with van der Waals surface area (Å²) >= 11 is 0. The van der Waals surface area contributed by atoms with Gasteiger partial charge in [0.15, 0.2) is 0 Å². The number of imide groups is 1. The Morgan fingerprint density at radius 3 is 2.25 bits per heavy atom. The third kappa shape index (κ3) is 3.57. The summed E-state index contributed by atoms with van der Waals surface area (Å²) in [7, 11) is -3.60. The number of carbonyl (C=O) groups excluding carboxylic acids is 2. The van der Waals surface area contributed by atoms with Crippen LogP contribution in [-0.4, -0.2) is 73.1 Å². The van der Waals surface area contributed by atoms with Gasteiger partial charge < -0.3 is 10.2 Å². The van der Waals surface area contributed by atoms with E-state index in [1.54, 1.807) is 0 Å². The van der Waals surface area contributed by atoms with Gasteiger partial charge in [0.25, 0.3) is 5.91 Å². The molecule has 0 aromatic heterocycles. The normalized spacial score (nSPS) is 31.0. The van der Waals surface area contributed by atoms with E-state index in [2.05, 4.69) is 15.5 Å². The largest absolute Gasteiger partial charge is 0.322 e. The second-order valence-electron chi connectivity index (χ2n) is 7.22. The number of nitrogens with zero attached hydrogens (tertiary/aromatic N) is 2. The number of urea groups is 1. The van der Waals surface area contributed by atoms with E-state index in [4.69, 9.17) is 0 Å². The quantitative estimate of drug-likeness (QED) is 0.682. The summed E-state index contributed by atoms with van der Waals surface area (Å²) in [4.78, 5) is 25.6. The van der Waals surface area contributed by atoms with Gasteiger partial charge in [-0.15, -0.1) is 0 Å². The van der Waals surface area contributed by atoms with Crippen molar-refractivity contribution >= 4 is 22.0 Å². The standard InChI is InChI=1S/C15H26N4O4S/c1-15(13(20)16-14(21)17-15)11-24(22,23)19-9-5-12(6-10-19)18-7-3-2-4-8-18/h12H,2-11H2,1H3,(H2,16,17,20,21)/t15-/m1/s1. The molecule has 3 saturated heterocycles. The lowest BCUT2D eigenvalue weighted by atomic mass is 10.0. The molecular formula is C15H26N4O4S. The minimum absolute atomic E-state index is 0.397. The number of rotatable bonds is 4. The fourth-order valence-corrected chi connectivity index (χ4v) is 5.79. The Bertz CT molecular complexity index is 609. The fourth-order valence-electron chi connectivity index (χ4n) is 3.91. The Morgan fingerprint density at radius 2 is 1.71 bits per heavy atom. The van der Waals surface area contributed by atoms with E-state index in [-0.39, 0.29) is 0 Å². The van der Waals surface area contributed by atoms with Gasteiger partial charge in [-0.1, -0.05) is 6.42 Å². The van der Waals surface area contributed by atoms with Crippen molar-refractivity contribution in [3.8, 4) is 0 Å².